The van der Waals surface area contributed by atoms with Crippen molar-refractivity contribution in [3.05, 3.63) is 89.4 Å². The largest absolute Gasteiger partial charge is 0.372 e. The quantitative estimate of drug-likeness (QED) is 0.431. The molecule has 3 N–H and O–H groups in total. The first-order valence-electron chi connectivity index (χ1n) is 11.1. The smallest absolute Gasteiger partial charge is 0.320 e. The van der Waals surface area contributed by atoms with Crippen LogP contribution in [0.5, 0.6) is 0 Å². The molecule has 0 aromatic heterocycles. The molecule has 1 aliphatic heterocycles. The Morgan fingerprint density at radius 3 is 2.03 bits per heavy atom. The summed E-state index contributed by atoms with van der Waals surface area (Å²) in [6.07, 6.45) is 3.70. The van der Waals surface area contributed by atoms with E-state index in [-0.39, 0.29) is 5.91 Å². The first-order valence-corrected chi connectivity index (χ1v) is 11.5. The van der Waals surface area contributed by atoms with E-state index in [1.165, 1.54) is 19.3 Å². The molecule has 0 unspecified atom stereocenters. The lowest BCUT2D eigenvalue weighted by Crippen LogP contribution is -2.39. The summed E-state index contributed by atoms with van der Waals surface area (Å²) in [6.45, 7) is 2.13. The van der Waals surface area contributed by atoms with Gasteiger partial charge >= 0.3 is 6.03 Å². The second-order valence-corrected chi connectivity index (χ2v) is 8.47. The summed E-state index contributed by atoms with van der Waals surface area (Å²) in [7, 11) is 0. The minimum atomic E-state index is -0.861. The van der Waals surface area contributed by atoms with E-state index in [0.717, 1.165) is 18.8 Å². The molecule has 1 atom stereocenters. The zero-order chi connectivity index (χ0) is 23.0. The van der Waals surface area contributed by atoms with Gasteiger partial charge in [-0.25, -0.2) is 4.79 Å². The summed E-state index contributed by atoms with van der Waals surface area (Å²) in [5.41, 5.74) is 3.11. The number of carbonyl (C=O) groups is 2. The number of rotatable bonds is 6. The van der Waals surface area contributed by atoms with Crippen molar-refractivity contribution in [1.29, 1.82) is 0 Å². The Bertz CT molecular complexity index is 1070. The Labute approximate surface area is 198 Å². The number of carbonyl (C=O) groups excluding carboxylic acids is 2. The van der Waals surface area contributed by atoms with Crippen LogP contribution in [0.3, 0.4) is 0 Å². The van der Waals surface area contributed by atoms with Crippen molar-refractivity contribution < 1.29 is 9.59 Å². The lowest BCUT2D eigenvalue weighted by atomic mass is 10.1. The Morgan fingerprint density at radius 1 is 0.758 bits per heavy atom. The first kappa shape index (κ1) is 22.7. The number of piperidine rings is 1. The average molecular weight is 463 g/mol. The Kier molecular flexibility index (Phi) is 7.47. The van der Waals surface area contributed by atoms with Crippen LogP contribution in [0.2, 0.25) is 5.02 Å². The zero-order valence-electron chi connectivity index (χ0n) is 18.3. The maximum atomic E-state index is 13.2. The van der Waals surface area contributed by atoms with Gasteiger partial charge in [0.1, 0.15) is 6.04 Å². The predicted octanol–water partition coefficient (Wildman–Crippen LogP) is 5.83. The van der Waals surface area contributed by atoms with Crippen molar-refractivity contribution in [2.24, 2.45) is 0 Å². The third kappa shape index (κ3) is 6.26. The van der Waals surface area contributed by atoms with Crippen LogP contribution in [0.15, 0.2) is 78.9 Å². The fraction of sp³-hybridized carbons (Fsp3) is 0.231. The summed E-state index contributed by atoms with van der Waals surface area (Å²) < 4.78 is 0. The van der Waals surface area contributed by atoms with Gasteiger partial charge in [0.05, 0.1) is 0 Å². The van der Waals surface area contributed by atoms with Crippen molar-refractivity contribution in [3.63, 3.8) is 0 Å². The first-order chi connectivity index (χ1) is 16.1. The summed E-state index contributed by atoms with van der Waals surface area (Å²) in [4.78, 5) is 28.1. The number of benzene rings is 3. The fourth-order valence-electron chi connectivity index (χ4n) is 3.90. The van der Waals surface area contributed by atoms with E-state index in [0.29, 0.717) is 22.0 Å². The van der Waals surface area contributed by atoms with Gasteiger partial charge in [0.25, 0.3) is 5.91 Å². The third-order valence-corrected chi connectivity index (χ3v) is 5.88. The number of anilines is 3. The van der Waals surface area contributed by atoms with Gasteiger partial charge in [-0.05, 0) is 73.4 Å². The van der Waals surface area contributed by atoms with Gasteiger partial charge in [0, 0.05) is 35.2 Å². The third-order valence-electron chi connectivity index (χ3n) is 5.63. The number of nitrogens with zero attached hydrogens (tertiary/aromatic N) is 1. The number of nitrogens with one attached hydrogen (secondary N) is 3. The van der Waals surface area contributed by atoms with E-state index in [4.69, 9.17) is 11.6 Å². The molecule has 0 aliphatic carbocycles. The molecule has 0 radical (unpaired) electrons. The Morgan fingerprint density at radius 2 is 1.36 bits per heavy atom. The molecular weight excluding hydrogens is 436 g/mol. The second kappa shape index (κ2) is 10.9. The summed E-state index contributed by atoms with van der Waals surface area (Å²) >= 11 is 5.90. The second-order valence-electron chi connectivity index (χ2n) is 8.03. The number of amides is 3. The molecule has 0 bridgehead atoms. The van der Waals surface area contributed by atoms with Crippen LogP contribution in [-0.2, 0) is 4.79 Å². The molecule has 7 heteroatoms. The van der Waals surface area contributed by atoms with Gasteiger partial charge in [0.2, 0.25) is 0 Å². The molecule has 3 aromatic rings. The molecule has 0 spiro atoms. The normalized spacial score (nSPS) is 14.3. The SMILES string of the molecule is O=C(Nc1ccc(Cl)cc1)N[C@@H](C(=O)Nc1ccc(N2CCCCC2)cc1)c1ccccc1. The van der Waals surface area contributed by atoms with E-state index in [9.17, 15) is 9.59 Å². The van der Waals surface area contributed by atoms with Crippen LogP contribution < -0.4 is 20.9 Å². The van der Waals surface area contributed by atoms with E-state index < -0.39 is 12.1 Å². The number of hydrogen-bond acceptors (Lipinski definition) is 3. The maximum absolute atomic E-state index is 13.2. The highest BCUT2D eigenvalue weighted by Crippen LogP contribution is 2.23. The van der Waals surface area contributed by atoms with Crippen molar-refractivity contribution in [2.45, 2.75) is 25.3 Å². The number of urea groups is 1. The maximum Gasteiger partial charge on any atom is 0.320 e. The molecule has 170 valence electrons. The predicted molar refractivity (Wildman–Crippen MR) is 134 cm³/mol. The average Bonchev–Trinajstić information content (AvgIpc) is 2.85. The Balaban J connectivity index is 1.44. The molecule has 4 rings (SSSR count). The molecule has 33 heavy (non-hydrogen) atoms. The van der Waals surface area contributed by atoms with Crippen molar-refractivity contribution >= 4 is 40.6 Å². The number of hydrogen-bond donors (Lipinski definition) is 3. The zero-order valence-corrected chi connectivity index (χ0v) is 19.0. The van der Waals surface area contributed by atoms with Crippen LogP contribution in [0.4, 0.5) is 21.9 Å². The number of halogens is 1. The standard InChI is InChI=1S/C26H27ClN4O2/c27-20-9-11-22(12-10-20)29-26(33)30-24(19-7-3-1-4-8-19)25(32)28-21-13-15-23(16-14-21)31-17-5-2-6-18-31/h1,3-4,7-16,24H,2,5-6,17-18H2,(H,28,32)(H2,29,30,33)/t24-/m1/s1. The molecule has 0 saturated carbocycles. The lowest BCUT2D eigenvalue weighted by molar-refractivity contribution is -0.118. The summed E-state index contributed by atoms with van der Waals surface area (Å²) in [6, 6.07) is 22.4. The highest BCUT2D eigenvalue weighted by atomic mass is 35.5. The molecule has 3 aromatic carbocycles. The molecule has 1 heterocycles. The van der Waals surface area contributed by atoms with E-state index >= 15 is 0 Å². The van der Waals surface area contributed by atoms with Gasteiger partial charge in [-0.2, -0.15) is 0 Å². The van der Waals surface area contributed by atoms with Gasteiger partial charge in [-0.3, -0.25) is 4.79 Å². The van der Waals surface area contributed by atoms with Gasteiger partial charge < -0.3 is 20.9 Å². The lowest BCUT2D eigenvalue weighted by Gasteiger charge is -2.29. The van der Waals surface area contributed by atoms with E-state index in [1.54, 1.807) is 24.3 Å². The summed E-state index contributed by atoms with van der Waals surface area (Å²) in [5.74, 6) is -0.321. The monoisotopic (exact) mass is 462 g/mol. The van der Waals surface area contributed by atoms with Gasteiger partial charge in [0.15, 0.2) is 0 Å². The molecule has 1 aliphatic rings. The minimum Gasteiger partial charge on any atom is -0.372 e. The van der Waals surface area contributed by atoms with Gasteiger partial charge in [-0.1, -0.05) is 41.9 Å². The van der Waals surface area contributed by atoms with Crippen LogP contribution in [0.1, 0.15) is 30.9 Å². The molecule has 1 fully saturated rings. The van der Waals surface area contributed by atoms with Crippen LogP contribution in [0, 0.1) is 0 Å². The Hall–Kier alpha value is -3.51. The van der Waals surface area contributed by atoms with Crippen LogP contribution in [0.25, 0.3) is 0 Å². The van der Waals surface area contributed by atoms with E-state index in [1.807, 2.05) is 54.6 Å². The summed E-state index contributed by atoms with van der Waals surface area (Å²) in [5, 5.41) is 9.02. The topological polar surface area (TPSA) is 73.5 Å². The molecule has 1 saturated heterocycles. The minimum absolute atomic E-state index is 0.321. The fourth-order valence-corrected chi connectivity index (χ4v) is 4.03. The molecule has 3 amide bonds. The van der Waals surface area contributed by atoms with Crippen molar-refractivity contribution in [2.75, 3.05) is 28.6 Å². The van der Waals surface area contributed by atoms with Crippen molar-refractivity contribution in [3.8, 4) is 0 Å². The highest BCUT2D eigenvalue weighted by Gasteiger charge is 2.23. The van der Waals surface area contributed by atoms with Gasteiger partial charge in [-0.15, -0.1) is 0 Å². The van der Waals surface area contributed by atoms with Crippen molar-refractivity contribution in [1.82, 2.24) is 5.32 Å². The molecule has 6 nitrogen and oxygen atoms in total. The van der Waals surface area contributed by atoms with Crippen LogP contribution >= 0.6 is 11.6 Å². The van der Waals surface area contributed by atoms with Crippen LogP contribution in [-0.4, -0.2) is 25.0 Å². The highest BCUT2D eigenvalue weighted by molar-refractivity contribution is 6.30. The molecular formula is C26H27ClN4O2. The van der Waals surface area contributed by atoms with E-state index in [2.05, 4.69) is 20.9 Å².